The molecule has 0 radical (unpaired) electrons. The minimum Gasteiger partial charge on any atom is -0.489 e. The molecule has 2 nitrogen and oxygen atoms in total. The van der Waals surface area contributed by atoms with Crippen LogP contribution >= 0.6 is 0 Å². The molecule has 0 heterocycles. The highest BCUT2D eigenvalue weighted by molar-refractivity contribution is 5.38. The largest absolute Gasteiger partial charge is 0.489 e. The lowest BCUT2D eigenvalue weighted by Crippen LogP contribution is -2.18. The van der Waals surface area contributed by atoms with Gasteiger partial charge in [-0.3, -0.25) is 0 Å². The smallest absolute Gasteiger partial charge is 0.123 e. The standard InChI is InChI=1S/C19H25NO/c1-13-5-8-19(18(9-13)11-16(4)20)21-12-17-7-6-14(2)15(3)10-17/h5-10,16H,11-12,20H2,1-4H3. The summed E-state index contributed by atoms with van der Waals surface area (Å²) in [6.07, 6.45) is 0.837. The molecule has 2 aromatic rings. The fourth-order valence-corrected chi connectivity index (χ4v) is 2.41. The number of aryl methyl sites for hydroxylation is 3. The van der Waals surface area contributed by atoms with Gasteiger partial charge < -0.3 is 10.5 Å². The monoisotopic (exact) mass is 283 g/mol. The van der Waals surface area contributed by atoms with E-state index in [1.54, 1.807) is 0 Å². The van der Waals surface area contributed by atoms with Crippen LogP contribution in [0.15, 0.2) is 36.4 Å². The SMILES string of the molecule is Cc1ccc(OCc2ccc(C)c(C)c2)c(CC(C)N)c1. The molecule has 0 bridgehead atoms. The van der Waals surface area contributed by atoms with Gasteiger partial charge in [-0.05, 0) is 62.4 Å². The van der Waals surface area contributed by atoms with E-state index in [0.717, 1.165) is 12.2 Å². The van der Waals surface area contributed by atoms with Crippen LogP contribution in [0.4, 0.5) is 0 Å². The molecule has 112 valence electrons. The van der Waals surface area contributed by atoms with Crippen molar-refractivity contribution in [3.63, 3.8) is 0 Å². The van der Waals surface area contributed by atoms with E-state index in [2.05, 4.69) is 51.1 Å². The van der Waals surface area contributed by atoms with Crippen LogP contribution < -0.4 is 10.5 Å². The van der Waals surface area contributed by atoms with Gasteiger partial charge in [-0.15, -0.1) is 0 Å². The second kappa shape index (κ2) is 6.77. The van der Waals surface area contributed by atoms with Crippen LogP contribution in [0, 0.1) is 20.8 Å². The summed E-state index contributed by atoms with van der Waals surface area (Å²) in [7, 11) is 0. The fourth-order valence-electron chi connectivity index (χ4n) is 2.41. The molecule has 2 heteroatoms. The summed E-state index contributed by atoms with van der Waals surface area (Å²) < 4.78 is 6.02. The summed E-state index contributed by atoms with van der Waals surface area (Å²) in [6, 6.07) is 12.9. The number of nitrogens with two attached hydrogens (primary N) is 1. The topological polar surface area (TPSA) is 35.2 Å². The van der Waals surface area contributed by atoms with Gasteiger partial charge in [0.05, 0.1) is 0 Å². The normalized spacial score (nSPS) is 12.2. The van der Waals surface area contributed by atoms with Crippen molar-refractivity contribution in [2.75, 3.05) is 0 Å². The zero-order valence-electron chi connectivity index (χ0n) is 13.4. The molecule has 2 N–H and O–H groups in total. The van der Waals surface area contributed by atoms with E-state index in [1.165, 1.54) is 27.8 Å². The maximum atomic E-state index is 6.02. The maximum absolute atomic E-state index is 6.02. The lowest BCUT2D eigenvalue weighted by molar-refractivity contribution is 0.302. The summed E-state index contributed by atoms with van der Waals surface area (Å²) in [5.74, 6) is 0.941. The average molecular weight is 283 g/mol. The molecule has 2 aromatic carbocycles. The third-order valence-corrected chi connectivity index (χ3v) is 3.72. The van der Waals surface area contributed by atoms with E-state index in [0.29, 0.717) is 6.61 Å². The van der Waals surface area contributed by atoms with Crippen molar-refractivity contribution in [1.82, 2.24) is 0 Å². The molecule has 0 fully saturated rings. The van der Waals surface area contributed by atoms with Crippen LogP contribution in [-0.2, 0) is 13.0 Å². The second-order valence-electron chi connectivity index (χ2n) is 6.00. The quantitative estimate of drug-likeness (QED) is 0.897. The van der Waals surface area contributed by atoms with Crippen LogP contribution in [0.25, 0.3) is 0 Å². The zero-order valence-corrected chi connectivity index (χ0v) is 13.4. The van der Waals surface area contributed by atoms with E-state index in [9.17, 15) is 0 Å². The molecule has 1 atom stereocenters. The molecule has 0 amide bonds. The first-order valence-corrected chi connectivity index (χ1v) is 7.49. The highest BCUT2D eigenvalue weighted by Gasteiger charge is 2.07. The third-order valence-electron chi connectivity index (χ3n) is 3.72. The number of benzene rings is 2. The van der Waals surface area contributed by atoms with Gasteiger partial charge in [-0.2, -0.15) is 0 Å². The summed E-state index contributed by atoms with van der Waals surface area (Å²) in [6.45, 7) is 8.97. The molecule has 0 spiro atoms. The second-order valence-corrected chi connectivity index (χ2v) is 6.00. The highest BCUT2D eigenvalue weighted by atomic mass is 16.5. The van der Waals surface area contributed by atoms with Gasteiger partial charge in [-0.25, -0.2) is 0 Å². The molecule has 0 aliphatic rings. The Morgan fingerprint density at radius 3 is 2.43 bits per heavy atom. The number of hydrogen-bond acceptors (Lipinski definition) is 2. The molecular weight excluding hydrogens is 258 g/mol. The Bertz CT molecular complexity index is 617. The van der Waals surface area contributed by atoms with Crippen molar-refractivity contribution in [2.45, 2.75) is 46.8 Å². The maximum Gasteiger partial charge on any atom is 0.123 e. The molecule has 0 aliphatic heterocycles. The van der Waals surface area contributed by atoms with Crippen molar-refractivity contribution in [3.05, 3.63) is 64.2 Å². The predicted molar refractivity (Wildman–Crippen MR) is 88.8 cm³/mol. The van der Waals surface area contributed by atoms with Crippen LogP contribution in [0.5, 0.6) is 5.75 Å². The fraction of sp³-hybridized carbons (Fsp3) is 0.368. The van der Waals surface area contributed by atoms with Gasteiger partial charge in [-0.1, -0.05) is 35.9 Å². The van der Waals surface area contributed by atoms with Crippen LogP contribution in [-0.4, -0.2) is 6.04 Å². The zero-order chi connectivity index (χ0) is 15.4. The Balaban J connectivity index is 2.13. The van der Waals surface area contributed by atoms with Gasteiger partial charge in [0.2, 0.25) is 0 Å². The number of rotatable bonds is 5. The van der Waals surface area contributed by atoms with Crippen molar-refractivity contribution in [1.29, 1.82) is 0 Å². The molecule has 1 unspecified atom stereocenters. The van der Waals surface area contributed by atoms with Crippen molar-refractivity contribution in [2.24, 2.45) is 5.73 Å². The summed E-state index contributed by atoms with van der Waals surface area (Å²) >= 11 is 0. The third kappa shape index (κ3) is 4.33. The summed E-state index contributed by atoms with van der Waals surface area (Å²) in [5, 5.41) is 0. The molecule has 2 rings (SSSR count). The lowest BCUT2D eigenvalue weighted by atomic mass is 10.0. The van der Waals surface area contributed by atoms with E-state index < -0.39 is 0 Å². The minimum atomic E-state index is 0.135. The number of ether oxygens (including phenoxy) is 1. The molecule has 0 saturated heterocycles. The van der Waals surface area contributed by atoms with Crippen molar-refractivity contribution < 1.29 is 4.74 Å². The van der Waals surface area contributed by atoms with Crippen LogP contribution in [0.3, 0.4) is 0 Å². The Morgan fingerprint density at radius 1 is 1.00 bits per heavy atom. The number of hydrogen-bond donors (Lipinski definition) is 1. The van der Waals surface area contributed by atoms with Crippen molar-refractivity contribution >= 4 is 0 Å². The van der Waals surface area contributed by atoms with Gasteiger partial charge in [0.25, 0.3) is 0 Å². The Labute approximate surface area is 127 Å². The Morgan fingerprint density at radius 2 is 1.76 bits per heavy atom. The van der Waals surface area contributed by atoms with Crippen LogP contribution in [0.2, 0.25) is 0 Å². The first-order chi connectivity index (χ1) is 9.95. The van der Waals surface area contributed by atoms with Gasteiger partial charge in [0.15, 0.2) is 0 Å². The molecule has 0 aromatic heterocycles. The summed E-state index contributed by atoms with van der Waals surface area (Å²) in [4.78, 5) is 0. The average Bonchev–Trinajstić information content (AvgIpc) is 2.41. The molecule has 0 saturated carbocycles. The Hall–Kier alpha value is -1.80. The van der Waals surface area contributed by atoms with E-state index in [4.69, 9.17) is 10.5 Å². The van der Waals surface area contributed by atoms with E-state index in [-0.39, 0.29) is 6.04 Å². The Kier molecular flexibility index (Phi) is 5.03. The van der Waals surface area contributed by atoms with Crippen LogP contribution in [0.1, 0.15) is 34.7 Å². The molecule has 21 heavy (non-hydrogen) atoms. The van der Waals surface area contributed by atoms with E-state index in [1.807, 2.05) is 13.0 Å². The minimum absolute atomic E-state index is 0.135. The van der Waals surface area contributed by atoms with E-state index >= 15 is 0 Å². The first-order valence-electron chi connectivity index (χ1n) is 7.49. The van der Waals surface area contributed by atoms with Gasteiger partial charge in [0.1, 0.15) is 12.4 Å². The van der Waals surface area contributed by atoms with Crippen molar-refractivity contribution in [3.8, 4) is 5.75 Å². The molecule has 0 aliphatic carbocycles. The summed E-state index contributed by atoms with van der Waals surface area (Å²) in [5.41, 5.74) is 12.2. The highest BCUT2D eigenvalue weighted by Crippen LogP contribution is 2.23. The first kappa shape index (κ1) is 15.6. The van der Waals surface area contributed by atoms with Gasteiger partial charge in [0, 0.05) is 6.04 Å². The lowest BCUT2D eigenvalue weighted by Gasteiger charge is -2.14. The predicted octanol–water partition coefficient (Wildman–Crippen LogP) is 4.08. The van der Waals surface area contributed by atoms with Gasteiger partial charge >= 0.3 is 0 Å². The molecular formula is C19H25NO.